The molecule has 0 spiro atoms. The number of hydrogen-bond donors (Lipinski definition) is 5. The van der Waals surface area contributed by atoms with Gasteiger partial charge >= 0.3 is 0 Å². The summed E-state index contributed by atoms with van der Waals surface area (Å²) in [5.74, 6) is 0. The number of hydrogen-bond acceptors (Lipinski definition) is 6. The Hall–Kier alpha value is -1.70. The van der Waals surface area contributed by atoms with E-state index in [1.54, 1.807) is 12.3 Å². The maximum Gasteiger partial charge on any atom is 0.179 e. The minimum absolute atomic E-state index is 0.125. The Labute approximate surface area is 97.2 Å². The zero-order valence-electron chi connectivity index (χ0n) is 9.04. The molecule has 2 atom stereocenters. The van der Waals surface area contributed by atoms with Gasteiger partial charge in [0.15, 0.2) is 5.65 Å². The van der Waals surface area contributed by atoms with Gasteiger partial charge in [-0.2, -0.15) is 0 Å². The number of rotatable bonds is 5. The van der Waals surface area contributed by atoms with Crippen LogP contribution in [0.5, 0.6) is 0 Å². The van der Waals surface area contributed by atoms with Gasteiger partial charge in [-0.15, -0.1) is 0 Å². The molecule has 2 heterocycles. The van der Waals surface area contributed by atoms with Crippen LogP contribution in [-0.4, -0.2) is 55.6 Å². The number of fused-ring (bicyclic) bond motifs is 1. The van der Waals surface area contributed by atoms with Crippen molar-refractivity contribution < 1.29 is 15.3 Å². The number of anilines is 1. The Morgan fingerprint density at radius 1 is 1.29 bits per heavy atom. The Bertz CT molecular complexity index is 487. The summed E-state index contributed by atoms with van der Waals surface area (Å²) in [6.45, 7) is -0.349. The summed E-state index contributed by atoms with van der Waals surface area (Å²) >= 11 is 0. The zero-order valence-corrected chi connectivity index (χ0v) is 9.04. The molecule has 0 amide bonds. The molecule has 0 saturated carbocycles. The molecule has 0 fully saturated rings. The van der Waals surface area contributed by atoms with Gasteiger partial charge in [0.1, 0.15) is 11.6 Å². The summed E-state index contributed by atoms with van der Waals surface area (Å²) in [5.41, 5.74) is 2.04. The Balaban J connectivity index is 2.06. The number of aliphatic hydroxyl groups is 3. The molecule has 17 heavy (non-hydrogen) atoms. The fraction of sp³-hybridized carbons (Fsp3) is 0.400. The molecular formula is C10H14N4O3. The van der Waals surface area contributed by atoms with E-state index in [-0.39, 0.29) is 6.54 Å². The summed E-state index contributed by atoms with van der Waals surface area (Å²) in [7, 11) is 0. The second kappa shape index (κ2) is 5.09. The summed E-state index contributed by atoms with van der Waals surface area (Å²) in [6.07, 6.45) is 0.940. The minimum Gasteiger partial charge on any atom is -0.394 e. The Kier molecular flexibility index (Phi) is 3.52. The van der Waals surface area contributed by atoms with Crippen molar-refractivity contribution in [2.75, 3.05) is 18.5 Å². The van der Waals surface area contributed by atoms with E-state index in [9.17, 15) is 10.2 Å². The molecule has 2 aromatic heterocycles. The number of aromatic nitrogens is 3. The van der Waals surface area contributed by atoms with Crippen molar-refractivity contribution in [3.05, 3.63) is 18.6 Å². The predicted octanol–water partition coefficient (Wildman–Crippen LogP) is -0.916. The topological polar surface area (TPSA) is 114 Å². The van der Waals surface area contributed by atoms with Gasteiger partial charge in [-0.3, -0.25) is 0 Å². The van der Waals surface area contributed by atoms with Crippen LogP contribution in [0.15, 0.2) is 18.6 Å². The lowest BCUT2D eigenvalue weighted by molar-refractivity contribution is -0.00699. The number of H-pyrrole nitrogens is 1. The molecule has 0 aromatic carbocycles. The molecule has 92 valence electrons. The van der Waals surface area contributed by atoms with E-state index < -0.39 is 18.8 Å². The first-order valence-corrected chi connectivity index (χ1v) is 5.21. The maximum absolute atomic E-state index is 9.49. The number of aromatic amines is 1. The first kappa shape index (κ1) is 11.8. The van der Waals surface area contributed by atoms with Crippen LogP contribution in [0.3, 0.4) is 0 Å². The van der Waals surface area contributed by atoms with Crippen LogP contribution in [-0.2, 0) is 0 Å². The molecule has 2 rings (SSSR count). The van der Waals surface area contributed by atoms with Crippen molar-refractivity contribution in [3.8, 4) is 0 Å². The second-order valence-corrected chi connectivity index (χ2v) is 3.66. The van der Waals surface area contributed by atoms with Crippen molar-refractivity contribution >= 4 is 16.9 Å². The van der Waals surface area contributed by atoms with E-state index in [2.05, 4.69) is 20.3 Å². The van der Waals surface area contributed by atoms with E-state index in [4.69, 9.17) is 5.11 Å². The van der Waals surface area contributed by atoms with Gasteiger partial charge in [0.05, 0.1) is 24.7 Å². The van der Waals surface area contributed by atoms with E-state index >= 15 is 0 Å². The lowest BCUT2D eigenvalue weighted by atomic mass is 10.2. The van der Waals surface area contributed by atoms with Gasteiger partial charge in [0, 0.05) is 12.7 Å². The zero-order chi connectivity index (χ0) is 12.3. The second-order valence-electron chi connectivity index (χ2n) is 3.66. The van der Waals surface area contributed by atoms with Crippen molar-refractivity contribution in [3.63, 3.8) is 0 Å². The standard InChI is InChI=1S/C10H14N4O3/c15-4-8(17)7(16)3-12-6-1-2-11-10-9(6)13-5-14-10/h1-2,5,7-8,15-17H,3-4H2,(H2,11,12,13,14). The van der Waals surface area contributed by atoms with Crippen molar-refractivity contribution in [2.45, 2.75) is 12.2 Å². The molecule has 0 aliphatic carbocycles. The van der Waals surface area contributed by atoms with Crippen molar-refractivity contribution in [2.24, 2.45) is 0 Å². The number of nitrogens with zero attached hydrogens (tertiary/aromatic N) is 2. The molecule has 2 aromatic rings. The van der Waals surface area contributed by atoms with E-state index in [0.29, 0.717) is 5.65 Å². The van der Waals surface area contributed by atoms with E-state index in [1.165, 1.54) is 6.33 Å². The quantitative estimate of drug-likeness (QED) is 0.460. The molecule has 0 saturated heterocycles. The largest absolute Gasteiger partial charge is 0.394 e. The molecule has 0 aliphatic rings. The number of imidazole rings is 1. The average Bonchev–Trinajstić information content (AvgIpc) is 2.83. The summed E-state index contributed by atoms with van der Waals surface area (Å²) in [4.78, 5) is 11.0. The first-order chi connectivity index (χ1) is 8.22. The average molecular weight is 238 g/mol. The maximum atomic E-state index is 9.49. The molecule has 0 aliphatic heterocycles. The fourth-order valence-corrected chi connectivity index (χ4v) is 1.47. The smallest absolute Gasteiger partial charge is 0.179 e. The third-order valence-electron chi connectivity index (χ3n) is 2.46. The van der Waals surface area contributed by atoms with Gasteiger partial charge in [-0.05, 0) is 6.07 Å². The van der Waals surface area contributed by atoms with Crippen molar-refractivity contribution in [1.29, 1.82) is 0 Å². The fourth-order valence-electron chi connectivity index (χ4n) is 1.47. The number of pyridine rings is 1. The van der Waals surface area contributed by atoms with Gasteiger partial charge in [-0.1, -0.05) is 0 Å². The lowest BCUT2D eigenvalue weighted by Gasteiger charge is -2.16. The normalized spacial score (nSPS) is 14.8. The van der Waals surface area contributed by atoms with Crippen LogP contribution in [0.1, 0.15) is 0 Å². The third-order valence-corrected chi connectivity index (χ3v) is 2.46. The van der Waals surface area contributed by atoms with Crippen LogP contribution in [0.4, 0.5) is 5.69 Å². The van der Waals surface area contributed by atoms with E-state index in [1.807, 2.05) is 0 Å². The van der Waals surface area contributed by atoms with E-state index in [0.717, 1.165) is 11.2 Å². The highest BCUT2D eigenvalue weighted by Gasteiger charge is 2.15. The minimum atomic E-state index is -1.15. The Morgan fingerprint density at radius 2 is 2.12 bits per heavy atom. The highest BCUT2D eigenvalue weighted by Crippen LogP contribution is 2.17. The molecular weight excluding hydrogens is 224 g/mol. The molecule has 5 N–H and O–H groups in total. The summed E-state index contributed by atoms with van der Waals surface area (Å²) < 4.78 is 0. The highest BCUT2D eigenvalue weighted by molar-refractivity contribution is 5.84. The van der Waals surface area contributed by atoms with Crippen LogP contribution in [0.25, 0.3) is 11.2 Å². The molecule has 0 bridgehead atoms. The first-order valence-electron chi connectivity index (χ1n) is 5.21. The summed E-state index contributed by atoms with van der Waals surface area (Å²) in [6, 6.07) is 1.73. The van der Waals surface area contributed by atoms with Crippen molar-refractivity contribution in [1.82, 2.24) is 15.0 Å². The van der Waals surface area contributed by atoms with Crippen LogP contribution >= 0.6 is 0 Å². The van der Waals surface area contributed by atoms with Crippen LogP contribution in [0, 0.1) is 0 Å². The third kappa shape index (κ3) is 2.52. The van der Waals surface area contributed by atoms with Gasteiger partial charge in [0.2, 0.25) is 0 Å². The molecule has 7 heteroatoms. The Morgan fingerprint density at radius 3 is 2.88 bits per heavy atom. The molecule has 7 nitrogen and oxygen atoms in total. The van der Waals surface area contributed by atoms with Gasteiger partial charge in [-0.25, -0.2) is 9.97 Å². The molecule has 0 radical (unpaired) electrons. The van der Waals surface area contributed by atoms with Crippen LogP contribution in [0.2, 0.25) is 0 Å². The SMILES string of the molecule is OCC(O)C(O)CNc1ccnc2nc[nH]c12. The summed E-state index contributed by atoms with van der Waals surface area (Å²) in [5, 5.41) is 30.3. The predicted molar refractivity (Wildman–Crippen MR) is 61.5 cm³/mol. The highest BCUT2D eigenvalue weighted by atomic mass is 16.4. The monoisotopic (exact) mass is 238 g/mol. The van der Waals surface area contributed by atoms with Gasteiger partial charge < -0.3 is 25.6 Å². The molecule has 2 unspecified atom stereocenters. The lowest BCUT2D eigenvalue weighted by Crippen LogP contribution is -2.35. The van der Waals surface area contributed by atoms with Crippen LogP contribution < -0.4 is 5.32 Å². The number of aliphatic hydroxyl groups excluding tert-OH is 3. The number of nitrogens with one attached hydrogen (secondary N) is 2. The van der Waals surface area contributed by atoms with Gasteiger partial charge in [0.25, 0.3) is 0 Å².